The summed E-state index contributed by atoms with van der Waals surface area (Å²) in [5.74, 6) is -0.165. The van der Waals surface area contributed by atoms with Crippen LogP contribution in [0.5, 0.6) is 0 Å². The summed E-state index contributed by atoms with van der Waals surface area (Å²) in [5, 5.41) is 3.57. The van der Waals surface area contributed by atoms with Crippen molar-refractivity contribution in [3.8, 4) is 0 Å². The molecule has 0 aromatic heterocycles. The van der Waals surface area contributed by atoms with Gasteiger partial charge in [0.2, 0.25) is 5.91 Å². The Labute approximate surface area is 153 Å². The monoisotopic (exact) mass is 356 g/mol. The molecule has 0 radical (unpaired) electrons. The Hall–Kier alpha value is -2.30. The largest absolute Gasteiger partial charge is 0.378 e. The van der Waals surface area contributed by atoms with E-state index in [1.807, 2.05) is 37.3 Å². The fourth-order valence-corrected chi connectivity index (χ4v) is 2.96. The number of nitrogens with zero attached hydrogens (tertiary/aromatic N) is 1. The van der Waals surface area contributed by atoms with Crippen LogP contribution in [0.4, 0.5) is 11.4 Å². The maximum atomic E-state index is 12.2. The number of ether oxygens (including phenoxy) is 1. The van der Waals surface area contributed by atoms with Gasteiger partial charge in [0, 0.05) is 35.6 Å². The normalized spacial score (nSPS) is 14.7. The Morgan fingerprint density at radius 1 is 1.20 bits per heavy atom. The van der Waals surface area contributed by atoms with Crippen LogP contribution in [0.25, 0.3) is 6.08 Å². The fraction of sp³-hybridized carbons (Fsp3) is 0.250. The second-order valence-electron chi connectivity index (χ2n) is 5.98. The third-order valence-corrected chi connectivity index (χ3v) is 4.36. The Bertz CT molecular complexity index is 783. The van der Waals surface area contributed by atoms with Crippen molar-refractivity contribution in [2.75, 3.05) is 36.5 Å². The standard InChI is InChI=1S/C20H21ClN2O2/c1-15-13-18(23-9-11-25-12-10-23)6-7-19(15)22-20(24)8-5-16-3-2-4-17(21)14-16/h2-8,13-14H,9-12H2,1H3,(H,22,24)/b8-5+. The average Bonchev–Trinajstić information content (AvgIpc) is 2.62. The van der Waals surface area contributed by atoms with Crippen molar-refractivity contribution in [3.63, 3.8) is 0 Å². The van der Waals surface area contributed by atoms with Gasteiger partial charge in [0.15, 0.2) is 0 Å². The number of benzene rings is 2. The van der Waals surface area contributed by atoms with Gasteiger partial charge in [-0.15, -0.1) is 0 Å². The number of rotatable bonds is 4. The third kappa shape index (κ3) is 4.84. The molecule has 0 bridgehead atoms. The van der Waals surface area contributed by atoms with Crippen molar-refractivity contribution in [2.45, 2.75) is 6.92 Å². The van der Waals surface area contributed by atoms with Gasteiger partial charge in [0.25, 0.3) is 0 Å². The SMILES string of the molecule is Cc1cc(N2CCOCC2)ccc1NC(=O)/C=C/c1cccc(Cl)c1. The molecular weight excluding hydrogens is 336 g/mol. The number of carbonyl (C=O) groups excluding carboxylic acids is 1. The number of amides is 1. The lowest BCUT2D eigenvalue weighted by Gasteiger charge is -2.29. The number of hydrogen-bond donors (Lipinski definition) is 1. The summed E-state index contributed by atoms with van der Waals surface area (Å²) < 4.78 is 5.38. The Kier molecular flexibility index (Phi) is 5.74. The Morgan fingerprint density at radius 2 is 2.00 bits per heavy atom. The van der Waals surface area contributed by atoms with Crippen LogP contribution in [0.1, 0.15) is 11.1 Å². The molecule has 1 heterocycles. The minimum atomic E-state index is -0.165. The molecule has 0 saturated carbocycles. The van der Waals surface area contributed by atoms with Gasteiger partial charge in [-0.05, 0) is 54.5 Å². The van der Waals surface area contributed by atoms with Crippen LogP contribution in [0.2, 0.25) is 5.02 Å². The first-order valence-electron chi connectivity index (χ1n) is 8.30. The quantitative estimate of drug-likeness (QED) is 0.837. The van der Waals surface area contributed by atoms with E-state index in [9.17, 15) is 4.79 Å². The highest BCUT2D eigenvalue weighted by Crippen LogP contribution is 2.23. The molecule has 0 spiro atoms. The van der Waals surface area contributed by atoms with E-state index >= 15 is 0 Å². The van der Waals surface area contributed by atoms with Crippen molar-refractivity contribution < 1.29 is 9.53 Å². The van der Waals surface area contributed by atoms with E-state index < -0.39 is 0 Å². The maximum Gasteiger partial charge on any atom is 0.248 e. The summed E-state index contributed by atoms with van der Waals surface area (Å²) in [4.78, 5) is 14.4. The van der Waals surface area contributed by atoms with Gasteiger partial charge in [0.1, 0.15) is 0 Å². The van der Waals surface area contributed by atoms with Crippen LogP contribution >= 0.6 is 11.6 Å². The number of morpholine rings is 1. The van der Waals surface area contributed by atoms with E-state index in [2.05, 4.69) is 16.3 Å². The number of aryl methyl sites for hydroxylation is 1. The summed E-state index contributed by atoms with van der Waals surface area (Å²) in [5.41, 5.74) is 3.90. The van der Waals surface area contributed by atoms with Crippen LogP contribution in [0, 0.1) is 6.92 Å². The summed E-state index contributed by atoms with van der Waals surface area (Å²) in [6.45, 7) is 5.30. The molecule has 1 amide bonds. The zero-order valence-electron chi connectivity index (χ0n) is 14.2. The van der Waals surface area contributed by atoms with E-state index in [4.69, 9.17) is 16.3 Å². The highest BCUT2D eigenvalue weighted by atomic mass is 35.5. The van der Waals surface area contributed by atoms with Gasteiger partial charge < -0.3 is 15.0 Å². The topological polar surface area (TPSA) is 41.6 Å². The molecule has 130 valence electrons. The van der Waals surface area contributed by atoms with Crippen LogP contribution in [0.15, 0.2) is 48.5 Å². The highest BCUT2D eigenvalue weighted by Gasteiger charge is 2.12. The van der Waals surface area contributed by atoms with Crippen molar-refractivity contribution in [1.29, 1.82) is 0 Å². The molecule has 0 aliphatic carbocycles. The van der Waals surface area contributed by atoms with Gasteiger partial charge in [-0.3, -0.25) is 4.79 Å². The zero-order chi connectivity index (χ0) is 17.6. The molecule has 1 fully saturated rings. The number of halogens is 1. The minimum absolute atomic E-state index is 0.165. The lowest BCUT2D eigenvalue weighted by atomic mass is 10.1. The lowest BCUT2D eigenvalue weighted by Crippen LogP contribution is -2.36. The first-order chi connectivity index (χ1) is 12.1. The van der Waals surface area contributed by atoms with E-state index in [0.29, 0.717) is 5.02 Å². The van der Waals surface area contributed by atoms with Crippen molar-refractivity contribution in [1.82, 2.24) is 0 Å². The summed E-state index contributed by atoms with van der Waals surface area (Å²) in [6, 6.07) is 13.5. The Balaban J connectivity index is 1.64. The first kappa shape index (κ1) is 17.5. The summed E-state index contributed by atoms with van der Waals surface area (Å²) in [7, 11) is 0. The molecule has 2 aromatic carbocycles. The first-order valence-corrected chi connectivity index (χ1v) is 8.67. The van der Waals surface area contributed by atoms with Gasteiger partial charge >= 0.3 is 0 Å². The van der Waals surface area contributed by atoms with E-state index in [1.165, 1.54) is 6.08 Å². The predicted molar refractivity (Wildman–Crippen MR) is 103 cm³/mol. The number of anilines is 2. The second-order valence-corrected chi connectivity index (χ2v) is 6.41. The van der Waals surface area contributed by atoms with E-state index in [-0.39, 0.29) is 5.91 Å². The third-order valence-electron chi connectivity index (χ3n) is 4.12. The number of hydrogen-bond acceptors (Lipinski definition) is 3. The molecule has 25 heavy (non-hydrogen) atoms. The summed E-state index contributed by atoms with van der Waals surface area (Å²) >= 11 is 5.94. The van der Waals surface area contributed by atoms with Gasteiger partial charge in [-0.2, -0.15) is 0 Å². The molecule has 0 atom stereocenters. The van der Waals surface area contributed by atoms with Crippen LogP contribution in [-0.2, 0) is 9.53 Å². The van der Waals surface area contributed by atoms with Crippen molar-refractivity contribution in [2.24, 2.45) is 0 Å². The molecule has 0 unspecified atom stereocenters. The molecule has 1 saturated heterocycles. The Morgan fingerprint density at radius 3 is 2.72 bits per heavy atom. The van der Waals surface area contributed by atoms with Crippen molar-refractivity contribution >= 4 is 35.0 Å². The van der Waals surface area contributed by atoms with Gasteiger partial charge in [-0.1, -0.05) is 23.7 Å². The number of carbonyl (C=O) groups is 1. The highest BCUT2D eigenvalue weighted by molar-refractivity contribution is 6.30. The zero-order valence-corrected chi connectivity index (χ0v) is 14.9. The lowest BCUT2D eigenvalue weighted by molar-refractivity contribution is -0.111. The molecule has 4 nitrogen and oxygen atoms in total. The van der Waals surface area contributed by atoms with Crippen LogP contribution in [-0.4, -0.2) is 32.2 Å². The van der Waals surface area contributed by atoms with E-state index in [1.54, 1.807) is 12.1 Å². The molecule has 1 aliphatic heterocycles. The van der Waals surface area contributed by atoms with E-state index in [0.717, 1.165) is 48.8 Å². The molecule has 1 aliphatic rings. The fourth-order valence-electron chi connectivity index (χ4n) is 2.76. The van der Waals surface area contributed by atoms with Gasteiger partial charge in [-0.25, -0.2) is 0 Å². The second kappa shape index (κ2) is 8.19. The molecular formula is C20H21ClN2O2. The number of nitrogens with one attached hydrogen (secondary N) is 1. The van der Waals surface area contributed by atoms with Crippen LogP contribution < -0.4 is 10.2 Å². The average molecular weight is 357 g/mol. The minimum Gasteiger partial charge on any atom is -0.378 e. The molecule has 2 aromatic rings. The molecule has 1 N–H and O–H groups in total. The smallest absolute Gasteiger partial charge is 0.248 e. The van der Waals surface area contributed by atoms with Crippen LogP contribution in [0.3, 0.4) is 0 Å². The maximum absolute atomic E-state index is 12.2. The predicted octanol–water partition coefficient (Wildman–Crippen LogP) is 4.14. The van der Waals surface area contributed by atoms with Crippen molar-refractivity contribution in [3.05, 3.63) is 64.7 Å². The summed E-state index contributed by atoms with van der Waals surface area (Å²) in [6.07, 6.45) is 3.26. The molecule has 3 rings (SSSR count). The van der Waals surface area contributed by atoms with Gasteiger partial charge in [0.05, 0.1) is 13.2 Å². The molecule has 5 heteroatoms.